The fourth-order valence-electron chi connectivity index (χ4n) is 2.82. The van der Waals surface area contributed by atoms with Gasteiger partial charge in [-0.1, -0.05) is 42.1 Å². The van der Waals surface area contributed by atoms with Crippen molar-refractivity contribution in [1.29, 1.82) is 0 Å². The first kappa shape index (κ1) is 21.5. The first-order chi connectivity index (χ1) is 14.5. The number of nitrogens with zero attached hydrogens (tertiary/aromatic N) is 4. The van der Waals surface area contributed by atoms with Crippen molar-refractivity contribution in [3.8, 4) is 5.69 Å². The highest BCUT2D eigenvalue weighted by Crippen LogP contribution is 2.28. The number of benzene rings is 2. The number of non-ortho nitro benzene ring substituents is 1. The first-order valence-electron chi connectivity index (χ1n) is 9.14. The Bertz CT molecular complexity index is 1010. The van der Waals surface area contributed by atoms with Gasteiger partial charge in [0, 0.05) is 30.7 Å². The topological polar surface area (TPSA) is 112 Å². The zero-order valence-corrected chi connectivity index (χ0v) is 17.3. The number of amides is 1. The summed E-state index contributed by atoms with van der Waals surface area (Å²) in [7, 11) is 1.45. The van der Waals surface area contributed by atoms with Crippen LogP contribution in [0, 0.1) is 10.1 Å². The van der Waals surface area contributed by atoms with E-state index in [1.165, 1.54) is 31.0 Å². The van der Waals surface area contributed by atoms with E-state index in [4.69, 9.17) is 4.74 Å². The number of nitro groups is 1. The van der Waals surface area contributed by atoms with E-state index in [2.05, 4.69) is 15.5 Å². The predicted octanol–water partition coefficient (Wildman–Crippen LogP) is 3.29. The Balaban J connectivity index is 1.92. The van der Waals surface area contributed by atoms with Gasteiger partial charge in [0.2, 0.25) is 5.91 Å². The number of rotatable bonds is 9. The molecule has 3 rings (SSSR count). The average molecular weight is 427 g/mol. The summed E-state index contributed by atoms with van der Waals surface area (Å²) in [6.07, 6.45) is 0. The second-order valence-corrected chi connectivity index (χ2v) is 7.39. The normalized spacial score (nSPS) is 11.8. The van der Waals surface area contributed by atoms with Crippen LogP contribution in [0.2, 0.25) is 0 Å². The van der Waals surface area contributed by atoms with Gasteiger partial charge in [-0.2, -0.15) is 0 Å². The molecule has 1 heterocycles. The molecule has 9 nitrogen and oxygen atoms in total. The molecule has 0 fully saturated rings. The summed E-state index contributed by atoms with van der Waals surface area (Å²) in [5.74, 6) is 0.918. The van der Waals surface area contributed by atoms with Crippen LogP contribution in [0.25, 0.3) is 5.69 Å². The summed E-state index contributed by atoms with van der Waals surface area (Å²) in [4.78, 5) is 22.5. The van der Waals surface area contributed by atoms with E-state index < -0.39 is 11.0 Å². The van der Waals surface area contributed by atoms with Gasteiger partial charge in [-0.25, -0.2) is 0 Å². The quantitative estimate of drug-likeness (QED) is 0.317. The van der Waals surface area contributed by atoms with E-state index in [0.29, 0.717) is 22.4 Å². The van der Waals surface area contributed by atoms with Crippen molar-refractivity contribution in [1.82, 2.24) is 20.1 Å². The minimum atomic E-state index is -0.449. The molecule has 10 heteroatoms. The van der Waals surface area contributed by atoms with E-state index in [-0.39, 0.29) is 18.2 Å². The summed E-state index contributed by atoms with van der Waals surface area (Å²) in [6, 6.07) is 15.6. The standard InChI is InChI=1S/C20H21N5O4S/c1-14(21-18(26)12-29-2)19-22-23-20(30-13-15-6-4-3-5-7-15)24(19)16-8-10-17(11-9-16)25(27)28/h3-11,14H,12-13H2,1-2H3,(H,21,26). The molecule has 1 amide bonds. The van der Waals surface area contributed by atoms with Crippen molar-refractivity contribution in [3.63, 3.8) is 0 Å². The van der Waals surface area contributed by atoms with Gasteiger partial charge in [0.25, 0.3) is 5.69 Å². The van der Waals surface area contributed by atoms with Crippen LogP contribution in [0.15, 0.2) is 59.8 Å². The number of methoxy groups -OCH3 is 1. The molecule has 0 spiro atoms. The highest BCUT2D eigenvalue weighted by Gasteiger charge is 2.21. The van der Waals surface area contributed by atoms with Crippen LogP contribution < -0.4 is 5.32 Å². The van der Waals surface area contributed by atoms with Gasteiger partial charge >= 0.3 is 0 Å². The lowest BCUT2D eigenvalue weighted by atomic mass is 10.2. The van der Waals surface area contributed by atoms with Crippen molar-refractivity contribution in [2.45, 2.75) is 23.9 Å². The summed E-state index contributed by atoms with van der Waals surface area (Å²) in [5, 5.41) is 23.0. The average Bonchev–Trinajstić information content (AvgIpc) is 3.17. The Morgan fingerprint density at radius 3 is 2.53 bits per heavy atom. The van der Waals surface area contributed by atoms with Crippen molar-refractivity contribution in [2.75, 3.05) is 13.7 Å². The Morgan fingerprint density at radius 2 is 1.90 bits per heavy atom. The first-order valence-corrected chi connectivity index (χ1v) is 10.1. The van der Waals surface area contributed by atoms with E-state index in [9.17, 15) is 14.9 Å². The van der Waals surface area contributed by atoms with Crippen molar-refractivity contribution in [3.05, 3.63) is 76.1 Å². The summed E-state index contributed by atoms with van der Waals surface area (Å²) >= 11 is 1.49. The molecule has 156 valence electrons. The maximum Gasteiger partial charge on any atom is 0.269 e. The zero-order chi connectivity index (χ0) is 21.5. The molecule has 0 aliphatic rings. The maximum atomic E-state index is 11.9. The molecule has 0 bridgehead atoms. The molecule has 0 saturated heterocycles. The molecular formula is C20H21N5O4S. The summed E-state index contributed by atoms with van der Waals surface area (Å²) in [5.41, 5.74) is 1.79. The smallest absolute Gasteiger partial charge is 0.269 e. The number of carbonyl (C=O) groups excluding carboxylic acids is 1. The lowest BCUT2D eigenvalue weighted by molar-refractivity contribution is -0.384. The second kappa shape index (κ2) is 9.99. The largest absolute Gasteiger partial charge is 0.375 e. The van der Waals surface area contributed by atoms with Crippen LogP contribution in [0.1, 0.15) is 24.4 Å². The highest BCUT2D eigenvalue weighted by molar-refractivity contribution is 7.98. The van der Waals surface area contributed by atoms with Gasteiger partial charge in [0.1, 0.15) is 6.61 Å². The van der Waals surface area contributed by atoms with Crippen LogP contribution in [-0.2, 0) is 15.3 Å². The van der Waals surface area contributed by atoms with Crippen molar-refractivity contribution >= 4 is 23.4 Å². The van der Waals surface area contributed by atoms with Crippen LogP contribution in [-0.4, -0.2) is 39.3 Å². The Hall–Kier alpha value is -3.24. The Labute approximate surface area is 177 Å². The van der Waals surface area contributed by atoms with E-state index in [1.807, 2.05) is 30.3 Å². The lowest BCUT2D eigenvalue weighted by Crippen LogP contribution is -2.31. The van der Waals surface area contributed by atoms with Crippen LogP contribution in [0.3, 0.4) is 0 Å². The van der Waals surface area contributed by atoms with Gasteiger partial charge in [-0.15, -0.1) is 10.2 Å². The SMILES string of the molecule is COCC(=O)NC(C)c1nnc(SCc2ccccc2)n1-c1ccc([N+](=O)[O-])cc1. The number of carbonyl (C=O) groups is 1. The monoisotopic (exact) mass is 427 g/mol. The van der Waals surface area contributed by atoms with E-state index in [0.717, 1.165) is 5.56 Å². The molecule has 0 aliphatic heterocycles. The molecule has 3 aromatic rings. The molecule has 1 N–H and O–H groups in total. The van der Waals surface area contributed by atoms with Crippen LogP contribution in [0.5, 0.6) is 0 Å². The molecule has 0 radical (unpaired) electrons. The summed E-state index contributed by atoms with van der Waals surface area (Å²) in [6.45, 7) is 1.73. The maximum absolute atomic E-state index is 11.9. The van der Waals surface area contributed by atoms with E-state index in [1.54, 1.807) is 23.6 Å². The molecule has 1 aromatic heterocycles. The molecular weight excluding hydrogens is 406 g/mol. The number of hydrogen-bond acceptors (Lipinski definition) is 7. The number of nitrogens with one attached hydrogen (secondary N) is 1. The third kappa shape index (κ3) is 5.22. The molecule has 2 aromatic carbocycles. The van der Waals surface area contributed by atoms with Gasteiger partial charge in [0.15, 0.2) is 11.0 Å². The van der Waals surface area contributed by atoms with Crippen LogP contribution >= 0.6 is 11.8 Å². The van der Waals surface area contributed by atoms with Gasteiger partial charge in [0.05, 0.1) is 11.0 Å². The summed E-state index contributed by atoms with van der Waals surface area (Å²) < 4.78 is 6.66. The molecule has 1 unspecified atom stereocenters. The van der Waals surface area contributed by atoms with Gasteiger partial charge in [-0.05, 0) is 24.6 Å². The molecule has 1 atom stereocenters. The second-order valence-electron chi connectivity index (χ2n) is 6.45. The third-order valence-electron chi connectivity index (χ3n) is 4.23. The fraction of sp³-hybridized carbons (Fsp3) is 0.250. The van der Waals surface area contributed by atoms with Gasteiger partial charge < -0.3 is 10.1 Å². The number of nitro benzene ring substituents is 1. The molecule has 0 aliphatic carbocycles. The molecule has 30 heavy (non-hydrogen) atoms. The van der Waals surface area contributed by atoms with Crippen LogP contribution in [0.4, 0.5) is 5.69 Å². The highest BCUT2D eigenvalue weighted by atomic mass is 32.2. The number of aromatic nitrogens is 3. The minimum absolute atomic E-state index is 0.00620. The van der Waals surface area contributed by atoms with Crippen molar-refractivity contribution in [2.24, 2.45) is 0 Å². The lowest BCUT2D eigenvalue weighted by Gasteiger charge is -2.16. The Kier molecular flexibility index (Phi) is 7.15. The molecule has 0 saturated carbocycles. The minimum Gasteiger partial charge on any atom is -0.375 e. The Morgan fingerprint density at radius 1 is 1.20 bits per heavy atom. The number of thioether (sulfide) groups is 1. The number of ether oxygens (including phenoxy) is 1. The predicted molar refractivity (Wildman–Crippen MR) is 112 cm³/mol. The fourth-order valence-corrected chi connectivity index (χ4v) is 3.74. The van der Waals surface area contributed by atoms with Crippen molar-refractivity contribution < 1.29 is 14.5 Å². The number of hydrogen-bond donors (Lipinski definition) is 1. The third-order valence-corrected chi connectivity index (χ3v) is 5.23. The zero-order valence-electron chi connectivity index (χ0n) is 16.5. The van der Waals surface area contributed by atoms with Gasteiger partial charge in [-0.3, -0.25) is 19.5 Å². The van der Waals surface area contributed by atoms with E-state index >= 15 is 0 Å².